The molecule has 0 amide bonds. The van der Waals surface area contributed by atoms with E-state index in [-0.39, 0.29) is 0 Å². The Labute approximate surface area is 126 Å². The summed E-state index contributed by atoms with van der Waals surface area (Å²) in [6, 6.07) is 12.5. The third kappa shape index (κ3) is 3.05. The van der Waals surface area contributed by atoms with Gasteiger partial charge in [0, 0.05) is 8.95 Å². The fourth-order valence-electron chi connectivity index (χ4n) is 1.32. The summed E-state index contributed by atoms with van der Waals surface area (Å²) in [5, 5.41) is 9.30. The van der Waals surface area contributed by atoms with Crippen molar-refractivity contribution < 1.29 is 4.74 Å². The molecule has 18 heavy (non-hydrogen) atoms. The Hall–Kier alpha value is -1.02. The summed E-state index contributed by atoms with van der Waals surface area (Å²) in [6.07, 6.45) is 0. The quantitative estimate of drug-likeness (QED) is 0.635. The Morgan fingerprint density at radius 2 is 1.56 bits per heavy atom. The van der Waals surface area contributed by atoms with E-state index in [0.717, 1.165) is 8.95 Å². The molecular formula is C13H6Br2ClNO. The molecule has 90 valence electrons. The van der Waals surface area contributed by atoms with Crippen molar-refractivity contribution in [3.8, 4) is 17.6 Å². The van der Waals surface area contributed by atoms with E-state index in [1.807, 2.05) is 0 Å². The van der Waals surface area contributed by atoms with Gasteiger partial charge in [0.15, 0.2) is 0 Å². The minimum absolute atomic E-state index is 0.598. The molecule has 2 rings (SSSR count). The van der Waals surface area contributed by atoms with Gasteiger partial charge in [0.25, 0.3) is 0 Å². The number of hydrogen-bond acceptors (Lipinski definition) is 2. The second-order valence-corrected chi connectivity index (χ2v) is 5.53. The lowest BCUT2D eigenvalue weighted by Crippen LogP contribution is -1.85. The second kappa shape index (κ2) is 5.75. The van der Waals surface area contributed by atoms with Crippen molar-refractivity contribution in [2.24, 2.45) is 0 Å². The minimum atomic E-state index is 0.598. The molecule has 0 aliphatic heterocycles. The van der Waals surface area contributed by atoms with Crippen LogP contribution in [0.25, 0.3) is 0 Å². The van der Waals surface area contributed by atoms with E-state index in [4.69, 9.17) is 21.6 Å². The molecule has 0 spiro atoms. The molecule has 0 aliphatic rings. The molecule has 0 bridgehead atoms. The fraction of sp³-hybridized carbons (Fsp3) is 0. The molecule has 0 aliphatic carbocycles. The highest BCUT2D eigenvalue weighted by atomic mass is 79.9. The molecule has 0 atom stereocenters. The van der Waals surface area contributed by atoms with Crippen molar-refractivity contribution in [1.82, 2.24) is 0 Å². The average molecular weight is 387 g/mol. The summed E-state index contributed by atoms with van der Waals surface area (Å²) < 4.78 is 7.17. The fourth-order valence-corrected chi connectivity index (χ4v) is 2.58. The molecule has 0 radical (unpaired) electrons. The van der Waals surface area contributed by atoms with Crippen LogP contribution in [0.1, 0.15) is 5.56 Å². The minimum Gasteiger partial charge on any atom is -0.457 e. The van der Waals surface area contributed by atoms with Crippen LogP contribution < -0.4 is 4.74 Å². The highest BCUT2D eigenvalue weighted by molar-refractivity contribution is 9.11. The summed E-state index contributed by atoms with van der Waals surface area (Å²) in [5.41, 5.74) is 0.598. The van der Waals surface area contributed by atoms with Crippen LogP contribution in [-0.2, 0) is 0 Å². The summed E-state index contributed by atoms with van der Waals surface area (Å²) in [7, 11) is 0. The maximum Gasteiger partial charge on any atom is 0.129 e. The Morgan fingerprint density at radius 3 is 2.06 bits per heavy atom. The largest absolute Gasteiger partial charge is 0.457 e. The molecule has 2 nitrogen and oxygen atoms in total. The predicted octanol–water partition coefficient (Wildman–Crippen LogP) is 5.53. The molecule has 0 N–H and O–H groups in total. The standard InChI is InChI=1S/C13H6Br2ClNO/c14-11-5-10(6-12(15)13(11)16)18-9-3-1-8(7-17)2-4-9/h1-6H. The van der Waals surface area contributed by atoms with Crippen molar-refractivity contribution in [2.45, 2.75) is 0 Å². The third-order valence-electron chi connectivity index (χ3n) is 2.18. The summed E-state index contributed by atoms with van der Waals surface area (Å²) in [6.45, 7) is 0. The van der Waals surface area contributed by atoms with Gasteiger partial charge in [-0.1, -0.05) is 11.6 Å². The first kappa shape index (κ1) is 13.4. The van der Waals surface area contributed by atoms with Crippen LogP contribution >= 0.6 is 43.5 Å². The van der Waals surface area contributed by atoms with Gasteiger partial charge in [-0.15, -0.1) is 0 Å². The van der Waals surface area contributed by atoms with E-state index in [1.54, 1.807) is 36.4 Å². The summed E-state index contributed by atoms with van der Waals surface area (Å²) in [4.78, 5) is 0. The summed E-state index contributed by atoms with van der Waals surface area (Å²) in [5.74, 6) is 1.32. The Kier molecular flexibility index (Phi) is 4.28. The smallest absolute Gasteiger partial charge is 0.129 e. The highest BCUT2D eigenvalue weighted by Crippen LogP contribution is 2.36. The number of hydrogen-bond donors (Lipinski definition) is 0. The van der Waals surface area contributed by atoms with E-state index in [9.17, 15) is 0 Å². The number of nitriles is 1. The van der Waals surface area contributed by atoms with Gasteiger partial charge in [-0.2, -0.15) is 5.26 Å². The molecule has 5 heteroatoms. The van der Waals surface area contributed by atoms with Gasteiger partial charge < -0.3 is 4.74 Å². The lowest BCUT2D eigenvalue weighted by atomic mass is 10.2. The number of nitrogens with zero attached hydrogens (tertiary/aromatic N) is 1. The zero-order chi connectivity index (χ0) is 13.1. The lowest BCUT2D eigenvalue weighted by molar-refractivity contribution is 0.482. The van der Waals surface area contributed by atoms with Crippen LogP contribution in [0.3, 0.4) is 0 Å². The predicted molar refractivity (Wildman–Crippen MR) is 78.1 cm³/mol. The van der Waals surface area contributed by atoms with Gasteiger partial charge in [-0.3, -0.25) is 0 Å². The zero-order valence-corrected chi connectivity index (χ0v) is 12.9. The van der Waals surface area contributed by atoms with Crippen molar-refractivity contribution in [3.63, 3.8) is 0 Å². The first-order chi connectivity index (χ1) is 8.60. The number of halogens is 3. The topological polar surface area (TPSA) is 33.0 Å². The van der Waals surface area contributed by atoms with Crippen LogP contribution in [0.5, 0.6) is 11.5 Å². The van der Waals surface area contributed by atoms with Gasteiger partial charge >= 0.3 is 0 Å². The van der Waals surface area contributed by atoms with Crippen molar-refractivity contribution in [3.05, 3.63) is 55.9 Å². The van der Waals surface area contributed by atoms with Crippen LogP contribution in [0.2, 0.25) is 5.02 Å². The Bertz CT molecular complexity index is 597. The summed E-state index contributed by atoms with van der Waals surface area (Å²) >= 11 is 12.7. The van der Waals surface area contributed by atoms with Gasteiger partial charge in [-0.05, 0) is 68.3 Å². The molecule has 2 aromatic rings. The van der Waals surface area contributed by atoms with Gasteiger partial charge in [0.2, 0.25) is 0 Å². The van der Waals surface area contributed by atoms with Gasteiger partial charge in [0.05, 0.1) is 16.7 Å². The van der Waals surface area contributed by atoms with Gasteiger partial charge in [-0.25, -0.2) is 0 Å². The Morgan fingerprint density at radius 1 is 1.00 bits per heavy atom. The lowest BCUT2D eigenvalue weighted by Gasteiger charge is -2.08. The zero-order valence-electron chi connectivity index (χ0n) is 8.95. The van der Waals surface area contributed by atoms with E-state index in [1.165, 1.54) is 0 Å². The molecule has 0 saturated heterocycles. The number of benzene rings is 2. The van der Waals surface area contributed by atoms with Crippen LogP contribution in [-0.4, -0.2) is 0 Å². The van der Waals surface area contributed by atoms with Gasteiger partial charge in [0.1, 0.15) is 11.5 Å². The van der Waals surface area contributed by atoms with E-state index < -0.39 is 0 Å². The highest BCUT2D eigenvalue weighted by Gasteiger charge is 2.06. The first-order valence-electron chi connectivity index (χ1n) is 4.92. The van der Waals surface area contributed by atoms with Crippen LogP contribution in [0.4, 0.5) is 0 Å². The maximum absolute atomic E-state index is 8.70. The monoisotopic (exact) mass is 385 g/mol. The van der Waals surface area contributed by atoms with E-state index in [2.05, 4.69) is 37.9 Å². The maximum atomic E-state index is 8.70. The number of ether oxygens (including phenoxy) is 1. The van der Waals surface area contributed by atoms with E-state index in [0.29, 0.717) is 22.1 Å². The molecule has 0 heterocycles. The molecule has 0 saturated carbocycles. The van der Waals surface area contributed by atoms with Crippen molar-refractivity contribution in [1.29, 1.82) is 5.26 Å². The third-order valence-corrected chi connectivity index (χ3v) is 4.29. The average Bonchev–Trinajstić information content (AvgIpc) is 2.37. The molecule has 0 fully saturated rings. The second-order valence-electron chi connectivity index (χ2n) is 3.44. The molecule has 0 unspecified atom stereocenters. The van der Waals surface area contributed by atoms with E-state index >= 15 is 0 Å². The van der Waals surface area contributed by atoms with Crippen molar-refractivity contribution >= 4 is 43.5 Å². The number of rotatable bonds is 2. The van der Waals surface area contributed by atoms with Crippen LogP contribution in [0, 0.1) is 11.3 Å². The SMILES string of the molecule is N#Cc1ccc(Oc2cc(Br)c(Cl)c(Br)c2)cc1. The van der Waals surface area contributed by atoms with Crippen molar-refractivity contribution in [2.75, 3.05) is 0 Å². The molecule has 2 aromatic carbocycles. The normalized spacial score (nSPS) is 9.89. The molecular weight excluding hydrogens is 381 g/mol. The first-order valence-corrected chi connectivity index (χ1v) is 6.89. The van der Waals surface area contributed by atoms with Crippen LogP contribution in [0.15, 0.2) is 45.3 Å². The molecule has 0 aromatic heterocycles. The Balaban J connectivity index is 2.26.